The Hall–Kier alpha value is -2.78. The molecule has 2 rings (SSSR count). The Bertz CT molecular complexity index is 767. The lowest BCUT2D eigenvalue weighted by Gasteiger charge is -2.09. The molecule has 0 heterocycles. The van der Waals surface area contributed by atoms with Crippen molar-refractivity contribution in [2.75, 3.05) is 13.7 Å². The molecule has 0 bridgehead atoms. The summed E-state index contributed by atoms with van der Waals surface area (Å²) >= 11 is 1.50. The Morgan fingerprint density at radius 1 is 1.17 bits per heavy atom. The Balaban J connectivity index is 2.03. The fraction of sp³-hybridized carbons (Fsp3) is 0.167. The van der Waals surface area contributed by atoms with Crippen LogP contribution < -0.4 is 5.32 Å². The number of rotatable bonds is 6. The summed E-state index contributed by atoms with van der Waals surface area (Å²) in [4.78, 5) is 24.1. The number of hydrogen-bond acceptors (Lipinski definition) is 5. The van der Waals surface area contributed by atoms with Gasteiger partial charge in [0.15, 0.2) is 6.61 Å². The molecule has 0 aromatic heterocycles. The highest BCUT2D eigenvalue weighted by Gasteiger charge is 2.14. The molecular formula is C18H16N2O3S. The number of nitrogens with one attached hydrogen (secondary N) is 1. The molecular weight excluding hydrogens is 324 g/mol. The second-order valence-electron chi connectivity index (χ2n) is 4.84. The molecule has 0 spiro atoms. The van der Waals surface area contributed by atoms with Crippen molar-refractivity contribution in [1.82, 2.24) is 5.32 Å². The maximum absolute atomic E-state index is 12.1. The number of likely N-dealkylation sites (N-methyl/N-ethyl adjacent to an activating group) is 1. The number of esters is 1. The van der Waals surface area contributed by atoms with Crippen LogP contribution in [-0.4, -0.2) is 25.5 Å². The van der Waals surface area contributed by atoms with Crippen molar-refractivity contribution in [3.05, 3.63) is 65.2 Å². The normalized spacial score (nSPS) is 9.83. The van der Waals surface area contributed by atoms with Crippen LogP contribution in [0.3, 0.4) is 0 Å². The molecule has 24 heavy (non-hydrogen) atoms. The number of nitrogens with zero attached hydrogens (tertiary/aromatic N) is 1. The number of carbonyl (C=O) groups is 2. The molecule has 0 radical (unpaired) electrons. The van der Waals surface area contributed by atoms with Gasteiger partial charge in [-0.15, -0.1) is 11.8 Å². The van der Waals surface area contributed by atoms with E-state index in [2.05, 4.69) is 11.4 Å². The van der Waals surface area contributed by atoms with E-state index in [9.17, 15) is 9.59 Å². The van der Waals surface area contributed by atoms with E-state index in [0.29, 0.717) is 16.9 Å². The van der Waals surface area contributed by atoms with Crippen molar-refractivity contribution in [3.63, 3.8) is 0 Å². The van der Waals surface area contributed by atoms with Gasteiger partial charge in [-0.3, -0.25) is 4.79 Å². The Morgan fingerprint density at radius 3 is 2.54 bits per heavy atom. The largest absolute Gasteiger partial charge is 0.452 e. The molecule has 0 aliphatic heterocycles. The lowest BCUT2D eigenvalue weighted by molar-refractivity contribution is -0.123. The Kier molecular flexibility index (Phi) is 6.41. The van der Waals surface area contributed by atoms with E-state index in [1.807, 2.05) is 24.3 Å². The first-order valence-electron chi connectivity index (χ1n) is 7.22. The molecule has 0 saturated heterocycles. The van der Waals surface area contributed by atoms with Crippen LogP contribution >= 0.6 is 11.8 Å². The van der Waals surface area contributed by atoms with Crippen LogP contribution in [0.25, 0.3) is 0 Å². The van der Waals surface area contributed by atoms with Gasteiger partial charge in [-0.05, 0) is 29.8 Å². The van der Waals surface area contributed by atoms with Gasteiger partial charge < -0.3 is 10.1 Å². The highest BCUT2D eigenvalue weighted by Crippen LogP contribution is 2.27. The standard InChI is InChI=1S/C18H16N2O3S/c1-20-17(21)11-23-18(22)15-4-2-3-5-16(15)24-12-14-8-6-13(10-19)7-9-14/h2-9H,11-12H2,1H3,(H,20,21). The van der Waals surface area contributed by atoms with Crippen molar-refractivity contribution in [2.24, 2.45) is 0 Å². The van der Waals surface area contributed by atoms with Gasteiger partial charge in [0.1, 0.15) is 0 Å². The first-order valence-corrected chi connectivity index (χ1v) is 8.21. The average molecular weight is 340 g/mol. The predicted octanol–water partition coefficient (Wildman–Crippen LogP) is 2.75. The summed E-state index contributed by atoms with van der Waals surface area (Å²) in [6.45, 7) is -0.302. The molecule has 1 N–H and O–H groups in total. The van der Waals surface area contributed by atoms with Crippen LogP contribution in [0, 0.1) is 11.3 Å². The highest BCUT2D eigenvalue weighted by atomic mass is 32.2. The maximum atomic E-state index is 12.1. The zero-order valence-electron chi connectivity index (χ0n) is 13.1. The summed E-state index contributed by atoms with van der Waals surface area (Å²) in [6.07, 6.45) is 0. The molecule has 2 aromatic carbocycles. The van der Waals surface area contributed by atoms with Crippen molar-refractivity contribution in [1.29, 1.82) is 5.26 Å². The molecule has 0 aliphatic carbocycles. The van der Waals surface area contributed by atoms with E-state index in [4.69, 9.17) is 10.00 Å². The monoisotopic (exact) mass is 340 g/mol. The molecule has 0 atom stereocenters. The van der Waals surface area contributed by atoms with Crippen molar-refractivity contribution in [2.45, 2.75) is 10.6 Å². The molecule has 2 aromatic rings. The van der Waals surface area contributed by atoms with Gasteiger partial charge in [-0.2, -0.15) is 5.26 Å². The van der Waals surface area contributed by atoms with Crippen LogP contribution in [0.2, 0.25) is 0 Å². The topological polar surface area (TPSA) is 79.2 Å². The van der Waals surface area contributed by atoms with Gasteiger partial charge >= 0.3 is 5.97 Å². The third-order valence-corrected chi connectivity index (χ3v) is 4.34. The third kappa shape index (κ3) is 4.86. The number of amides is 1. The predicted molar refractivity (Wildman–Crippen MR) is 91.5 cm³/mol. The molecule has 1 amide bonds. The number of ether oxygens (including phenoxy) is 1. The van der Waals surface area contributed by atoms with Gasteiger partial charge in [0.25, 0.3) is 5.91 Å². The second-order valence-corrected chi connectivity index (χ2v) is 5.86. The molecule has 0 unspecified atom stereocenters. The van der Waals surface area contributed by atoms with Crippen LogP contribution in [-0.2, 0) is 15.3 Å². The molecule has 5 nitrogen and oxygen atoms in total. The molecule has 0 saturated carbocycles. The van der Waals surface area contributed by atoms with Gasteiger partial charge in [0, 0.05) is 17.7 Å². The van der Waals surface area contributed by atoms with Crippen LogP contribution in [0.4, 0.5) is 0 Å². The first kappa shape index (κ1) is 17.6. The lowest BCUT2D eigenvalue weighted by Crippen LogP contribution is -2.25. The number of carbonyl (C=O) groups excluding carboxylic acids is 2. The highest BCUT2D eigenvalue weighted by molar-refractivity contribution is 7.98. The average Bonchev–Trinajstić information content (AvgIpc) is 2.64. The fourth-order valence-electron chi connectivity index (χ4n) is 1.88. The van der Waals surface area contributed by atoms with Crippen LogP contribution in [0.5, 0.6) is 0 Å². The zero-order chi connectivity index (χ0) is 17.4. The minimum atomic E-state index is -0.526. The number of thioether (sulfide) groups is 1. The van der Waals surface area contributed by atoms with Crippen molar-refractivity contribution >= 4 is 23.6 Å². The zero-order valence-corrected chi connectivity index (χ0v) is 13.9. The third-order valence-electron chi connectivity index (χ3n) is 3.20. The van der Waals surface area contributed by atoms with E-state index >= 15 is 0 Å². The summed E-state index contributed by atoms with van der Waals surface area (Å²) in [6, 6.07) is 16.5. The van der Waals surface area contributed by atoms with E-state index in [-0.39, 0.29) is 12.5 Å². The Labute approximate surface area is 144 Å². The quantitative estimate of drug-likeness (QED) is 0.646. The maximum Gasteiger partial charge on any atom is 0.339 e. The van der Waals surface area contributed by atoms with E-state index in [1.54, 1.807) is 24.3 Å². The van der Waals surface area contributed by atoms with Gasteiger partial charge in [-0.25, -0.2) is 4.79 Å². The number of hydrogen-bond donors (Lipinski definition) is 1. The minimum Gasteiger partial charge on any atom is -0.452 e. The summed E-state index contributed by atoms with van der Waals surface area (Å²) in [5, 5.41) is 11.2. The molecule has 122 valence electrons. The van der Waals surface area contributed by atoms with Crippen molar-refractivity contribution < 1.29 is 14.3 Å². The minimum absolute atomic E-state index is 0.302. The van der Waals surface area contributed by atoms with Crippen molar-refractivity contribution in [3.8, 4) is 6.07 Å². The van der Waals surface area contributed by atoms with Crippen LogP contribution in [0.15, 0.2) is 53.4 Å². The molecule has 6 heteroatoms. The summed E-state index contributed by atoms with van der Waals surface area (Å²) < 4.78 is 5.00. The second kappa shape index (κ2) is 8.75. The first-order chi connectivity index (χ1) is 11.6. The number of benzene rings is 2. The van der Waals surface area contributed by atoms with E-state index < -0.39 is 5.97 Å². The molecule has 0 fully saturated rings. The SMILES string of the molecule is CNC(=O)COC(=O)c1ccccc1SCc1ccc(C#N)cc1. The smallest absolute Gasteiger partial charge is 0.339 e. The fourth-order valence-corrected chi connectivity index (χ4v) is 2.88. The van der Waals surface area contributed by atoms with Gasteiger partial charge in [0.05, 0.1) is 17.2 Å². The van der Waals surface area contributed by atoms with Gasteiger partial charge in [-0.1, -0.05) is 24.3 Å². The summed E-state index contributed by atoms with van der Waals surface area (Å²) in [5.41, 5.74) is 2.09. The Morgan fingerprint density at radius 2 is 1.88 bits per heavy atom. The van der Waals surface area contributed by atoms with E-state index in [0.717, 1.165) is 10.5 Å². The number of nitriles is 1. The van der Waals surface area contributed by atoms with Crippen LogP contribution in [0.1, 0.15) is 21.5 Å². The summed E-state index contributed by atoms with van der Waals surface area (Å²) in [7, 11) is 1.48. The lowest BCUT2D eigenvalue weighted by atomic mass is 10.2. The van der Waals surface area contributed by atoms with Gasteiger partial charge in [0.2, 0.25) is 0 Å². The molecule has 0 aliphatic rings. The summed E-state index contributed by atoms with van der Waals surface area (Å²) in [5.74, 6) is -0.224. The van der Waals surface area contributed by atoms with E-state index in [1.165, 1.54) is 18.8 Å².